The van der Waals surface area contributed by atoms with Gasteiger partial charge in [-0.2, -0.15) is 0 Å². The minimum Gasteiger partial charge on any atom is -0.485 e. The molecule has 0 aliphatic carbocycles. The lowest BCUT2D eigenvalue weighted by molar-refractivity contribution is 0.0686. The van der Waals surface area contributed by atoms with Crippen molar-refractivity contribution in [2.45, 2.75) is 32.4 Å². The van der Waals surface area contributed by atoms with Crippen molar-refractivity contribution in [3.8, 4) is 5.75 Å². The maximum Gasteiger partial charge on any atom is 0.277 e. The van der Waals surface area contributed by atoms with Gasteiger partial charge in [-0.25, -0.2) is 23.1 Å². The molecule has 9 nitrogen and oxygen atoms in total. The maximum absolute atomic E-state index is 16.3. The van der Waals surface area contributed by atoms with Crippen molar-refractivity contribution in [3.05, 3.63) is 86.3 Å². The lowest BCUT2D eigenvalue weighted by Gasteiger charge is -2.30. The first-order valence-electron chi connectivity index (χ1n) is 12.8. The maximum atomic E-state index is 16.3. The molecule has 3 aromatic rings. The van der Waals surface area contributed by atoms with Gasteiger partial charge in [-0.3, -0.25) is 19.3 Å². The molecule has 0 amide bonds. The van der Waals surface area contributed by atoms with Crippen LogP contribution in [0.4, 0.5) is 13.2 Å². The summed E-state index contributed by atoms with van der Waals surface area (Å²) in [7, 11) is 0. The Morgan fingerprint density at radius 2 is 2.10 bits per heavy atom. The van der Waals surface area contributed by atoms with E-state index in [1.807, 2.05) is 0 Å². The topological polar surface area (TPSA) is 112 Å². The average Bonchev–Trinajstić information content (AvgIpc) is 2.88. The molecule has 0 radical (unpaired) electrons. The summed E-state index contributed by atoms with van der Waals surface area (Å²) in [5.74, 6) is -4.28. The lowest BCUT2D eigenvalue weighted by atomic mass is 9.97. The van der Waals surface area contributed by atoms with Crippen molar-refractivity contribution < 1.29 is 30.5 Å². The van der Waals surface area contributed by atoms with E-state index >= 15 is 4.39 Å². The van der Waals surface area contributed by atoms with Gasteiger partial charge < -0.3 is 14.6 Å². The van der Waals surface area contributed by atoms with E-state index in [0.717, 1.165) is 4.57 Å². The number of rotatable bonds is 5. The number of fused-ring (bicyclic) bond motifs is 3. The van der Waals surface area contributed by atoms with Crippen LogP contribution in [0.3, 0.4) is 0 Å². The predicted octanol–water partition coefficient (Wildman–Crippen LogP) is 3.60. The van der Waals surface area contributed by atoms with Gasteiger partial charge in [0.15, 0.2) is 17.5 Å². The molecule has 3 aromatic heterocycles. The van der Waals surface area contributed by atoms with Gasteiger partial charge in [0, 0.05) is 36.4 Å². The van der Waals surface area contributed by atoms with Crippen LogP contribution in [0.5, 0.6) is 5.75 Å². The summed E-state index contributed by atoms with van der Waals surface area (Å²) in [6.07, 6.45) is 2.06. The number of dihydropyridines is 1. The third-order valence-electron chi connectivity index (χ3n) is 6.05. The van der Waals surface area contributed by atoms with Crippen molar-refractivity contribution in [2.24, 2.45) is 10.9 Å². The summed E-state index contributed by atoms with van der Waals surface area (Å²) in [5.41, 5.74) is -3.16. The number of hydrogen-bond acceptors (Lipinski definition) is 8. The van der Waals surface area contributed by atoms with Crippen LogP contribution in [0.2, 0.25) is 5.02 Å². The highest BCUT2D eigenvalue weighted by atomic mass is 35.5. The molecule has 1 N–H and O–H groups in total. The van der Waals surface area contributed by atoms with Crippen LogP contribution in [0.15, 0.2) is 46.2 Å². The molecule has 0 bridgehead atoms. The van der Waals surface area contributed by atoms with Crippen molar-refractivity contribution in [1.82, 2.24) is 19.5 Å². The molecular weight excluding hydrogens is 539 g/mol. The SMILES string of the molecule is [2H]C([2H])(Oc1cc2n(c(=O)c1Cl)C1=C(F)C(c3ccnc(C(C)(C)O)n3)=NC[C@@H]1COCC2)c1ncc(F)cc1F. The largest absolute Gasteiger partial charge is 0.485 e. The molecule has 0 saturated heterocycles. The van der Waals surface area contributed by atoms with E-state index in [-0.39, 0.29) is 54.8 Å². The number of halogens is 4. The van der Waals surface area contributed by atoms with E-state index in [1.165, 1.54) is 32.2 Å². The molecule has 0 fully saturated rings. The van der Waals surface area contributed by atoms with Crippen molar-refractivity contribution in [1.29, 1.82) is 0 Å². The van der Waals surface area contributed by atoms with Gasteiger partial charge in [-0.1, -0.05) is 11.6 Å². The molecule has 0 aromatic carbocycles. The Hall–Kier alpha value is -3.61. The van der Waals surface area contributed by atoms with Crippen LogP contribution in [0.1, 0.15) is 39.5 Å². The van der Waals surface area contributed by atoms with Gasteiger partial charge in [-0.05, 0) is 19.9 Å². The number of pyridine rings is 2. The molecule has 0 saturated carbocycles. The molecule has 39 heavy (non-hydrogen) atoms. The van der Waals surface area contributed by atoms with E-state index in [1.54, 1.807) is 0 Å². The standard InChI is InChI=1S/C26H23ClF3N5O4/c1-26(2,37)25-31-5-3-17(34-25)22-21(30)23-13(9-33-22)11-38-6-4-15-8-19(20(27)24(36)35(15)23)39-12-18-16(29)7-14(28)10-32-18/h3,5,7-8,10,13,37H,4,6,9,11-12H2,1-2H3/t13-/m1/s1/i12D2. The second-order valence-corrected chi connectivity index (χ2v) is 9.76. The smallest absolute Gasteiger partial charge is 0.277 e. The summed E-state index contributed by atoms with van der Waals surface area (Å²) in [6, 6.07) is 3.10. The molecule has 0 spiro atoms. The number of aliphatic imine (C=N–C) groups is 1. The van der Waals surface area contributed by atoms with E-state index in [2.05, 4.69) is 19.9 Å². The number of ether oxygens (including phenoxy) is 2. The number of nitrogens with zero attached hydrogens (tertiary/aromatic N) is 5. The van der Waals surface area contributed by atoms with Crippen molar-refractivity contribution >= 4 is 23.0 Å². The molecule has 204 valence electrons. The van der Waals surface area contributed by atoms with E-state index < -0.39 is 57.6 Å². The van der Waals surface area contributed by atoms with Crippen molar-refractivity contribution in [2.75, 3.05) is 19.8 Å². The fraction of sp³-hybridized carbons (Fsp3) is 0.346. The van der Waals surface area contributed by atoms with Crippen LogP contribution in [0.25, 0.3) is 5.70 Å². The fourth-order valence-corrected chi connectivity index (χ4v) is 4.36. The first-order chi connectivity index (χ1) is 19.3. The van der Waals surface area contributed by atoms with Crippen LogP contribution in [-0.2, 0) is 23.3 Å². The molecule has 2 aliphatic heterocycles. The monoisotopic (exact) mass is 563 g/mol. The van der Waals surface area contributed by atoms with Gasteiger partial charge in [0.1, 0.15) is 40.2 Å². The Kier molecular flexibility index (Phi) is 6.59. The molecule has 2 aliphatic rings. The Labute approximate surface area is 228 Å². The Bertz CT molecular complexity index is 1660. The molecular formula is C26H23ClF3N5O4. The number of hydrogen-bond donors (Lipinski definition) is 1. The van der Waals surface area contributed by atoms with E-state index in [0.29, 0.717) is 12.3 Å². The van der Waals surface area contributed by atoms with Gasteiger partial charge in [0.05, 0.1) is 40.1 Å². The van der Waals surface area contributed by atoms with E-state index in [9.17, 15) is 18.7 Å². The van der Waals surface area contributed by atoms with Crippen LogP contribution >= 0.6 is 11.6 Å². The predicted molar refractivity (Wildman–Crippen MR) is 135 cm³/mol. The zero-order chi connectivity index (χ0) is 29.7. The number of allylic oxidation sites excluding steroid dienone is 1. The minimum atomic E-state index is -2.95. The van der Waals surface area contributed by atoms with Gasteiger partial charge >= 0.3 is 0 Å². The Morgan fingerprint density at radius 3 is 2.85 bits per heavy atom. The van der Waals surface area contributed by atoms with Gasteiger partial charge in [-0.15, -0.1) is 0 Å². The first kappa shape index (κ1) is 24.4. The third kappa shape index (κ3) is 5.32. The molecule has 13 heteroatoms. The second-order valence-electron chi connectivity index (χ2n) is 9.38. The molecule has 5 rings (SSSR count). The van der Waals surface area contributed by atoms with Crippen LogP contribution < -0.4 is 10.3 Å². The summed E-state index contributed by atoms with van der Waals surface area (Å²) in [5, 5.41) is 9.71. The first-order valence-corrected chi connectivity index (χ1v) is 12.2. The molecule has 1 atom stereocenters. The number of aromatic nitrogens is 4. The normalized spacial score (nSPS) is 18.7. The van der Waals surface area contributed by atoms with Crippen LogP contribution in [0, 0.1) is 17.6 Å². The third-order valence-corrected chi connectivity index (χ3v) is 6.40. The summed E-state index contributed by atoms with van der Waals surface area (Å²) in [4.78, 5) is 29.7. The lowest BCUT2D eigenvalue weighted by Crippen LogP contribution is -2.36. The molecule has 5 heterocycles. The second kappa shape index (κ2) is 10.5. The van der Waals surface area contributed by atoms with Crippen LogP contribution in [-0.4, -0.2) is 50.1 Å². The highest BCUT2D eigenvalue weighted by Gasteiger charge is 2.34. The van der Waals surface area contributed by atoms with E-state index in [4.69, 9.17) is 23.8 Å². The Morgan fingerprint density at radius 1 is 1.31 bits per heavy atom. The van der Waals surface area contributed by atoms with Gasteiger partial charge in [0.25, 0.3) is 5.56 Å². The minimum absolute atomic E-state index is 0.0414. The highest BCUT2D eigenvalue weighted by molar-refractivity contribution is 6.31. The number of aliphatic hydroxyl groups is 1. The summed E-state index contributed by atoms with van der Waals surface area (Å²) < 4.78 is 72.3. The highest BCUT2D eigenvalue weighted by Crippen LogP contribution is 2.34. The van der Waals surface area contributed by atoms with Crippen molar-refractivity contribution in [3.63, 3.8) is 0 Å². The quantitative estimate of drug-likeness (QED) is 0.505. The molecule has 0 unspecified atom stereocenters. The zero-order valence-electron chi connectivity index (χ0n) is 22.7. The summed E-state index contributed by atoms with van der Waals surface area (Å²) >= 11 is 6.33. The summed E-state index contributed by atoms with van der Waals surface area (Å²) in [6.45, 7) is 0.230. The van der Waals surface area contributed by atoms with Gasteiger partial charge in [0.2, 0.25) is 0 Å². The average molecular weight is 564 g/mol. The Balaban J connectivity index is 1.62. The zero-order valence-corrected chi connectivity index (χ0v) is 21.5. The fourth-order valence-electron chi connectivity index (χ4n) is 4.18.